The maximum absolute atomic E-state index is 14.3. The molecular formula is C19H15F17O2. The molecule has 1 aromatic carbocycles. The zero-order valence-corrected chi connectivity index (χ0v) is 18.5. The summed E-state index contributed by atoms with van der Waals surface area (Å²) in [6.45, 7) is 1.53. The fourth-order valence-electron chi connectivity index (χ4n) is 2.93. The van der Waals surface area contributed by atoms with E-state index in [4.69, 9.17) is 4.74 Å². The van der Waals surface area contributed by atoms with Crippen molar-refractivity contribution in [2.75, 3.05) is 6.61 Å². The summed E-state index contributed by atoms with van der Waals surface area (Å²) in [4.78, 5) is 0. The molecule has 19 heteroatoms. The average Bonchev–Trinajstić information content (AvgIpc) is 2.71. The number of aliphatic hydroxyl groups is 1. The maximum Gasteiger partial charge on any atom is 0.460 e. The highest BCUT2D eigenvalue weighted by Crippen LogP contribution is 2.64. The first kappa shape index (κ1) is 33.8. The van der Waals surface area contributed by atoms with Crippen molar-refractivity contribution >= 4 is 0 Å². The molecule has 0 radical (unpaired) electrons. The van der Waals surface area contributed by atoms with E-state index in [1.54, 1.807) is 0 Å². The number of halogens is 17. The highest BCUT2D eigenvalue weighted by atomic mass is 19.4. The fraction of sp³-hybridized carbons (Fsp3) is 0.684. The summed E-state index contributed by atoms with van der Waals surface area (Å²) >= 11 is 0. The average molecular weight is 598 g/mol. The van der Waals surface area contributed by atoms with Gasteiger partial charge in [-0.2, -0.15) is 74.6 Å². The lowest BCUT2D eigenvalue weighted by Gasteiger charge is -2.43. The van der Waals surface area contributed by atoms with Crippen LogP contribution in [0.1, 0.15) is 25.8 Å². The largest absolute Gasteiger partial charge is 0.494 e. The van der Waals surface area contributed by atoms with E-state index in [-0.39, 0.29) is 19.3 Å². The highest BCUT2D eigenvalue weighted by molar-refractivity contribution is 5.32. The predicted molar refractivity (Wildman–Crippen MR) is 92.5 cm³/mol. The van der Waals surface area contributed by atoms with Crippen LogP contribution in [0.2, 0.25) is 0 Å². The lowest BCUT2D eigenvalue weighted by Crippen LogP contribution is -2.74. The molecule has 1 N–H and O–H groups in total. The second-order valence-electron chi connectivity index (χ2n) is 8.06. The van der Waals surface area contributed by atoms with Gasteiger partial charge in [0, 0.05) is 0 Å². The van der Waals surface area contributed by atoms with Crippen LogP contribution in [0.4, 0.5) is 74.6 Å². The molecule has 0 aliphatic carbocycles. The molecule has 38 heavy (non-hydrogen) atoms. The molecule has 0 heterocycles. The van der Waals surface area contributed by atoms with E-state index < -0.39 is 65.2 Å². The van der Waals surface area contributed by atoms with Gasteiger partial charge in [-0.3, -0.25) is 0 Å². The molecule has 1 atom stereocenters. The molecule has 0 amide bonds. The minimum Gasteiger partial charge on any atom is -0.494 e. The Kier molecular flexibility index (Phi) is 8.42. The van der Waals surface area contributed by atoms with Gasteiger partial charge in [-0.05, 0) is 31.5 Å². The van der Waals surface area contributed by atoms with Crippen molar-refractivity contribution in [3.63, 3.8) is 0 Å². The quantitative estimate of drug-likeness (QED) is 0.265. The van der Waals surface area contributed by atoms with Crippen molar-refractivity contribution in [3.05, 3.63) is 29.8 Å². The molecular weight excluding hydrogens is 583 g/mol. The first-order chi connectivity index (χ1) is 16.5. The number of hydrogen-bond acceptors (Lipinski definition) is 2. The van der Waals surface area contributed by atoms with Gasteiger partial charge in [0.1, 0.15) is 5.75 Å². The van der Waals surface area contributed by atoms with Crippen LogP contribution in [0.5, 0.6) is 5.75 Å². The van der Waals surface area contributed by atoms with Crippen LogP contribution in [0.25, 0.3) is 0 Å². The van der Waals surface area contributed by atoms with Gasteiger partial charge in [0.2, 0.25) is 0 Å². The zero-order valence-electron chi connectivity index (χ0n) is 18.5. The van der Waals surface area contributed by atoms with E-state index in [2.05, 4.69) is 0 Å². The van der Waals surface area contributed by atoms with Crippen LogP contribution in [0.15, 0.2) is 24.3 Å². The van der Waals surface area contributed by atoms with Crippen LogP contribution in [-0.4, -0.2) is 59.3 Å². The first-order valence-electron chi connectivity index (χ1n) is 9.66. The molecule has 0 aliphatic rings. The van der Waals surface area contributed by atoms with E-state index in [0.717, 1.165) is 12.1 Å². The number of benzene rings is 1. The van der Waals surface area contributed by atoms with Crippen molar-refractivity contribution in [1.82, 2.24) is 0 Å². The van der Waals surface area contributed by atoms with Crippen LogP contribution >= 0.6 is 0 Å². The van der Waals surface area contributed by atoms with Gasteiger partial charge < -0.3 is 9.84 Å². The van der Waals surface area contributed by atoms with Crippen molar-refractivity contribution in [3.8, 4) is 5.75 Å². The SMILES string of the molecule is CCOc1cccc(C(C)(O)CC(F)(F)C(F)(F)C(F)(F)C(F)(F)C(F)(F)C(F)(F)C(F)(F)C(F)(F)F)c1. The Morgan fingerprint density at radius 3 is 1.42 bits per heavy atom. The van der Waals surface area contributed by atoms with Crippen molar-refractivity contribution in [2.45, 2.75) is 73.5 Å². The van der Waals surface area contributed by atoms with Crippen LogP contribution in [0, 0.1) is 0 Å². The van der Waals surface area contributed by atoms with Crippen LogP contribution < -0.4 is 4.74 Å². The lowest BCUT2D eigenvalue weighted by atomic mass is 9.83. The monoisotopic (exact) mass is 598 g/mol. The normalized spacial score (nSPS) is 16.8. The molecule has 0 spiro atoms. The molecule has 0 saturated heterocycles. The standard InChI is InChI=1S/C19H15F17O2/c1-3-38-10-6-4-5-9(7-10)11(2,37)8-12(20,21)13(22,23)14(24,25)15(26,27)16(28,29)17(30,31)18(32,33)19(34,35)36/h4-7,37H,3,8H2,1-2H3. The third kappa shape index (κ3) is 4.94. The summed E-state index contributed by atoms with van der Waals surface area (Å²) in [5, 5.41) is 10.1. The van der Waals surface area contributed by atoms with E-state index in [1.165, 1.54) is 6.92 Å². The molecule has 0 aliphatic heterocycles. The van der Waals surface area contributed by atoms with Gasteiger partial charge in [-0.15, -0.1) is 0 Å². The smallest absolute Gasteiger partial charge is 0.460 e. The minimum atomic E-state index is -8.70. The molecule has 1 rings (SSSR count). The Labute approximate surface area is 201 Å². The molecule has 0 bridgehead atoms. The molecule has 0 fully saturated rings. The summed E-state index contributed by atoms with van der Waals surface area (Å²) in [7, 11) is 0. The number of ether oxygens (including phenoxy) is 1. The molecule has 0 aromatic heterocycles. The summed E-state index contributed by atoms with van der Waals surface area (Å²) < 4.78 is 232. The van der Waals surface area contributed by atoms with Crippen LogP contribution in [-0.2, 0) is 5.60 Å². The second-order valence-corrected chi connectivity index (χ2v) is 8.06. The number of alkyl halides is 17. The van der Waals surface area contributed by atoms with Gasteiger partial charge in [0.15, 0.2) is 0 Å². The first-order valence-corrected chi connectivity index (χ1v) is 9.66. The Hall–Kier alpha value is -2.21. The highest BCUT2D eigenvalue weighted by Gasteiger charge is 2.95. The molecule has 1 aromatic rings. The summed E-state index contributed by atoms with van der Waals surface area (Å²) in [6.07, 6.45) is -10.8. The molecule has 0 saturated carbocycles. The summed E-state index contributed by atoms with van der Waals surface area (Å²) in [5.74, 6) is -57.4. The topological polar surface area (TPSA) is 29.5 Å². The molecule has 222 valence electrons. The molecule has 2 nitrogen and oxygen atoms in total. The Bertz CT molecular complexity index is 982. The van der Waals surface area contributed by atoms with E-state index in [1.807, 2.05) is 0 Å². The number of rotatable bonds is 11. The van der Waals surface area contributed by atoms with Gasteiger partial charge in [-0.1, -0.05) is 12.1 Å². The van der Waals surface area contributed by atoms with Crippen molar-refractivity contribution < 1.29 is 84.5 Å². The maximum atomic E-state index is 14.3. The van der Waals surface area contributed by atoms with E-state index in [9.17, 15) is 79.7 Å². The van der Waals surface area contributed by atoms with Gasteiger partial charge in [0.05, 0.1) is 18.6 Å². The van der Waals surface area contributed by atoms with Crippen LogP contribution in [0.3, 0.4) is 0 Å². The van der Waals surface area contributed by atoms with Gasteiger partial charge in [-0.25, -0.2) is 0 Å². The van der Waals surface area contributed by atoms with E-state index in [0.29, 0.717) is 12.1 Å². The van der Waals surface area contributed by atoms with Crippen molar-refractivity contribution in [1.29, 1.82) is 0 Å². The van der Waals surface area contributed by atoms with E-state index >= 15 is 0 Å². The second kappa shape index (κ2) is 9.46. The van der Waals surface area contributed by atoms with Gasteiger partial charge in [0.25, 0.3) is 0 Å². The molecule has 1 unspecified atom stereocenters. The number of hydrogen-bond donors (Lipinski definition) is 1. The third-order valence-electron chi connectivity index (χ3n) is 5.12. The Balaban J connectivity index is 3.60. The third-order valence-corrected chi connectivity index (χ3v) is 5.12. The predicted octanol–water partition coefficient (Wildman–Crippen LogP) is 7.69. The van der Waals surface area contributed by atoms with Gasteiger partial charge >= 0.3 is 47.6 Å². The summed E-state index contributed by atoms with van der Waals surface area (Å²) in [5.41, 5.74) is -4.21. The Morgan fingerprint density at radius 2 is 1.03 bits per heavy atom. The summed E-state index contributed by atoms with van der Waals surface area (Å²) in [6, 6.07) is 3.44. The zero-order chi connectivity index (χ0) is 30.6. The Morgan fingerprint density at radius 1 is 0.632 bits per heavy atom. The lowest BCUT2D eigenvalue weighted by molar-refractivity contribution is -0.462. The van der Waals surface area contributed by atoms with Crippen molar-refractivity contribution in [2.24, 2.45) is 0 Å². The fourth-order valence-corrected chi connectivity index (χ4v) is 2.93. The minimum absolute atomic E-state index is 0.0899.